The number of likely N-dealkylation sites (N-methyl/N-ethyl adjacent to an activating group) is 1. The number of hydrogen-bond acceptors (Lipinski definition) is 3. The highest BCUT2D eigenvalue weighted by Crippen LogP contribution is 2.40. The summed E-state index contributed by atoms with van der Waals surface area (Å²) >= 11 is 0. The lowest BCUT2D eigenvalue weighted by Crippen LogP contribution is -2.33. The molecule has 0 aromatic heterocycles. The first kappa shape index (κ1) is 16.9. The van der Waals surface area contributed by atoms with Crippen LogP contribution in [0.5, 0.6) is 0 Å². The number of likely N-dealkylation sites (tertiary alicyclic amines) is 1. The summed E-state index contributed by atoms with van der Waals surface area (Å²) in [5.74, 6) is 1.02. The smallest absolute Gasteiger partial charge is 0.127 e. The topological polar surface area (TPSA) is 35.5 Å². The molecule has 1 heterocycles. The van der Waals surface area contributed by atoms with Crippen LogP contribution in [-0.4, -0.2) is 42.8 Å². The quantitative estimate of drug-likeness (QED) is 0.846. The van der Waals surface area contributed by atoms with Crippen LogP contribution in [-0.2, 0) is 0 Å². The predicted molar refractivity (Wildman–Crippen MR) is 90.7 cm³/mol. The first-order valence-electron chi connectivity index (χ1n) is 8.98. The highest BCUT2D eigenvalue weighted by atomic mass is 19.1. The van der Waals surface area contributed by atoms with Crippen molar-refractivity contribution in [2.24, 2.45) is 11.8 Å². The van der Waals surface area contributed by atoms with Crippen molar-refractivity contribution in [1.82, 2.24) is 10.2 Å². The predicted octanol–water partition coefficient (Wildman–Crippen LogP) is 2.96. The zero-order chi connectivity index (χ0) is 16.2. The lowest BCUT2D eigenvalue weighted by Gasteiger charge is -2.28. The molecule has 0 spiro atoms. The Morgan fingerprint density at radius 3 is 2.65 bits per heavy atom. The van der Waals surface area contributed by atoms with Crippen LogP contribution in [0.25, 0.3) is 0 Å². The normalized spacial score (nSPS) is 29.4. The fourth-order valence-corrected chi connectivity index (χ4v) is 4.48. The maximum absolute atomic E-state index is 14.3. The van der Waals surface area contributed by atoms with Gasteiger partial charge in [-0.15, -0.1) is 0 Å². The zero-order valence-electron chi connectivity index (χ0n) is 14.0. The molecule has 23 heavy (non-hydrogen) atoms. The minimum absolute atomic E-state index is 0.0458. The average molecular weight is 320 g/mol. The van der Waals surface area contributed by atoms with Gasteiger partial charge in [0.05, 0.1) is 6.61 Å². The zero-order valence-corrected chi connectivity index (χ0v) is 14.0. The molecule has 1 aliphatic heterocycles. The van der Waals surface area contributed by atoms with Crippen molar-refractivity contribution in [1.29, 1.82) is 0 Å². The fraction of sp³-hybridized carbons (Fsp3) is 0.684. The highest BCUT2D eigenvalue weighted by molar-refractivity contribution is 5.24. The van der Waals surface area contributed by atoms with E-state index in [9.17, 15) is 9.50 Å². The Morgan fingerprint density at radius 1 is 1.22 bits per heavy atom. The summed E-state index contributed by atoms with van der Waals surface area (Å²) in [6.07, 6.45) is 6.33. The van der Waals surface area contributed by atoms with Crippen LogP contribution in [0.4, 0.5) is 4.39 Å². The minimum Gasteiger partial charge on any atom is -0.395 e. The third-order valence-corrected chi connectivity index (χ3v) is 5.78. The molecule has 0 bridgehead atoms. The molecular formula is C19H29FN2O. The Bertz CT molecular complexity index is 504. The van der Waals surface area contributed by atoms with E-state index in [2.05, 4.69) is 10.2 Å². The van der Waals surface area contributed by atoms with E-state index in [0.717, 1.165) is 31.0 Å². The molecular weight excluding hydrogens is 291 g/mol. The lowest BCUT2D eigenvalue weighted by molar-refractivity contribution is 0.151. The van der Waals surface area contributed by atoms with Gasteiger partial charge in [0.1, 0.15) is 5.82 Å². The van der Waals surface area contributed by atoms with Gasteiger partial charge in [0.15, 0.2) is 0 Å². The molecule has 2 fully saturated rings. The number of rotatable bonds is 6. The van der Waals surface area contributed by atoms with E-state index in [-0.39, 0.29) is 24.5 Å². The van der Waals surface area contributed by atoms with Crippen LogP contribution >= 0.6 is 0 Å². The van der Waals surface area contributed by atoms with Crippen molar-refractivity contribution in [3.8, 4) is 0 Å². The summed E-state index contributed by atoms with van der Waals surface area (Å²) in [7, 11) is 2.01. The molecule has 1 aromatic carbocycles. The summed E-state index contributed by atoms with van der Waals surface area (Å²) in [5.41, 5.74) is 0.763. The van der Waals surface area contributed by atoms with Gasteiger partial charge in [-0.25, -0.2) is 4.39 Å². The summed E-state index contributed by atoms with van der Waals surface area (Å²) in [6, 6.07) is 7.24. The number of halogens is 1. The van der Waals surface area contributed by atoms with Gasteiger partial charge in [0.2, 0.25) is 0 Å². The third-order valence-electron chi connectivity index (χ3n) is 5.78. The Labute approximate surface area is 138 Å². The Kier molecular flexibility index (Phi) is 5.67. The van der Waals surface area contributed by atoms with Crippen LogP contribution in [0, 0.1) is 17.7 Å². The standard InChI is InChI=1S/C19H29FN2O/c1-22-16(13-23)10-15(12-21-11-14-6-2-3-7-14)19(22)17-8-4-5-9-18(17)20/h4-5,8-9,14-16,19,21,23H,2-3,6-7,10-13H2,1H3/t15-,16+,19-/m1/s1. The fourth-order valence-electron chi connectivity index (χ4n) is 4.48. The summed E-state index contributed by atoms with van der Waals surface area (Å²) in [6.45, 7) is 2.12. The van der Waals surface area contributed by atoms with E-state index in [4.69, 9.17) is 0 Å². The molecule has 128 valence electrons. The van der Waals surface area contributed by atoms with Crippen molar-refractivity contribution in [2.75, 3.05) is 26.7 Å². The number of benzene rings is 1. The van der Waals surface area contributed by atoms with Gasteiger partial charge in [-0.2, -0.15) is 0 Å². The molecule has 0 radical (unpaired) electrons. The number of nitrogens with one attached hydrogen (secondary N) is 1. The summed E-state index contributed by atoms with van der Waals surface area (Å²) < 4.78 is 14.3. The van der Waals surface area contributed by atoms with Crippen LogP contribution in [0.3, 0.4) is 0 Å². The monoisotopic (exact) mass is 320 g/mol. The third kappa shape index (κ3) is 3.76. The van der Waals surface area contributed by atoms with Gasteiger partial charge in [-0.1, -0.05) is 31.0 Å². The van der Waals surface area contributed by atoms with Crippen molar-refractivity contribution in [3.63, 3.8) is 0 Å². The largest absolute Gasteiger partial charge is 0.395 e. The maximum Gasteiger partial charge on any atom is 0.127 e. The van der Waals surface area contributed by atoms with Gasteiger partial charge in [0, 0.05) is 17.6 Å². The van der Waals surface area contributed by atoms with E-state index < -0.39 is 0 Å². The maximum atomic E-state index is 14.3. The Balaban J connectivity index is 1.67. The molecule has 1 saturated carbocycles. The first-order valence-corrected chi connectivity index (χ1v) is 8.98. The number of aliphatic hydroxyl groups excluding tert-OH is 1. The SMILES string of the molecule is CN1[C@H](CO)C[C@H](CNCC2CCCC2)[C@@H]1c1ccccc1F. The first-order chi connectivity index (χ1) is 11.2. The average Bonchev–Trinajstić information content (AvgIpc) is 3.17. The van der Waals surface area contributed by atoms with Gasteiger partial charge in [0.25, 0.3) is 0 Å². The van der Waals surface area contributed by atoms with Crippen molar-refractivity contribution < 1.29 is 9.50 Å². The molecule has 2 N–H and O–H groups in total. The van der Waals surface area contributed by atoms with Gasteiger partial charge < -0.3 is 10.4 Å². The highest BCUT2D eigenvalue weighted by Gasteiger charge is 2.40. The molecule has 0 amide bonds. The second-order valence-electron chi connectivity index (χ2n) is 7.27. The number of hydrogen-bond donors (Lipinski definition) is 2. The van der Waals surface area contributed by atoms with Crippen LogP contribution in [0.15, 0.2) is 24.3 Å². The molecule has 1 aromatic rings. The molecule has 2 aliphatic rings. The van der Waals surface area contributed by atoms with Crippen molar-refractivity contribution >= 4 is 0 Å². The number of aliphatic hydroxyl groups is 1. The van der Waals surface area contributed by atoms with E-state index in [1.807, 2.05) is 19.2 Å². The lowest BCUT2D eigenvalue weighted by atomic mass is 9.92. The molecule has 3 nitrogen and oxygen atoms in total. The van der Waals surface area contributed by atoms with Crippen LogP contribution in [0.1, 0.15) is 43.7 Å². The summed E-state index contributed by atoms with van der Waals surface area (Å²) in [5, 5.41) is 13.3. The Morgan fingerprint density at radius 2 is 1.96 bits per heavy atom. The van der Waals surface area contributed by atoms with Gasteiger partial charge in [-0.3, -0.25) is 4.90 Å². The van der Waals surface area contributed by atoms with Crippen molar-refractivity contribution in [2.45, 2.75) is 44.2 Å². The Hall–Kier alpha value is -0.970. The molecule has 1 aliphatic carbocycles. The molecule has 1 saturated heterocycles. The van der Waals surface area contributed by atoms with E-state index >= 15 is 0 Å². The van der Waals surface area contributed by atoms with E-state index in [1.165, 1.54) is 25.7 Å². The van der Waals surface area contributed by atoms with E-state index in [0.29, 0.717) is 5.92 Å². The van der Waals surface area contributed by atoms with Crippen LogP contribution in [0.2, 0.25) is 0 Å². The second kappa shape index (κ2) is 7.73. The molecule has 0 unspecified atom stereocenters. The summed E-state index contributed by atoms with van der Waals surface area (Å²) in [4.78, 5) is 2.15. The molecule has 3 atom stereocenters. The number of nitrogens with zero attached hydrogens (tertiary/aromatic N) is 1. The van der Waals surface area contributed by atoms with Crippen molar-refractivity contribution in [3.05, 3.63) is 35.6 Å². The molecule has 3 rings (SSSR count). The van der Waals surface area contributed by atoms with E-state index in [1.54, 1.807) is 12.1 Å². The minimum atomic E-state index is -0.135. The molecule has 4 heteroatoms. The second-order valence-corrected chi connectivity index (χ2v) is 7.27. The van der Waals surface area contributed by atoms with Gasteiger partial charge in [-0.05, 0) is 57.3 Å². The van der Waals surface area contributed by atoms with Gasteiger partial charge >= 0.3 is 0 Å². The van der Waals surface area contributed by atoms with Crippen LogP contribution < -0.4 is 5.32 Å².